The molecule has 0 aliphatic heterocycles. The Labute approximate surface area is 134 Å². The van der Waals surface area contributed by atoms with Crippen molar-refractivity contribution < 1.29 is 33.6 Å². The third kappa shape index (κ3) is 7.98. The highest BCUT2D eigenvalue weighted by molar-refractivity contribution is 5.92. The third-order valence-electron chi connectivity index (χ3n) is 2.66. The maximum atomic E-state index is 11.7. The van der Waals surface area contributed by atoms with Gasteiger partial charge in [0.05, 0.1) is 43.8 Å². The molecule has 7 nitrogen and oxygen atoms in total. The molecule has 0 spiro atoms. The summed E-state index contributed by atoms with van der Waals surface area (Å²) in [4.78, 5) is 22.4. The van der Waals surface area contributed by atoms with E-state index >= 15 is 0 Å². The molecule has 1 N–H and O–H groups in total. The van der Waals surface area contributed by atoms with Crippen molar-refractivity contribution in [1.82, 2.24) is 0 Å². The number of esters is 1. The Bertz CT molecular complexity index is 496. The van der Waals surface area contributed by atoms with Crippen molar-refractivity contribution in [2.45, 2.75) is 0 Å². The van der Waals surface area contributed by atoms with Crippen LogP contribution in [0.15, 0.2) is 37.1 Å². The van der Waals surface area contributed by atoms with Gasteiger partial charge in [-0.15, -0.1) is 0 Å². The molecule has 0 saturated heterocycles. The lowest BCUT2D eigenvalue weighted by atomic mass is 10.1. The minimum absolute atomic E-state index is 0.110. The van der Waals surface area contributed by atoms with E-state index in [-0.39, 0.29) is 18.8 Å². The van der Waals surface area contributed by atoms with Gasteiger partial charge in [0, 0.05) is 0 Å². The Morgan fingerprint density at radius 2 is 1.43 bits per heavy atom. The van der Waals surface area contributed by atoms with E-state index in [0.717, 1.165) is 0 Å². The van der Waals surface area contributed by atoms with Crippen LogP contribution < -0.4 is 0 Å². The van der Waals surface area contributed by atoms with E-state index in [1.165, 1.54) is 30.5 Å². The quantitative estimate of drug-likeness (QED) is 0.356. The minimum atomic E-state index is -1.04. The van der Waals surface area contributed by atoms with Crippen molar-refractivity contribution in [2.75, 3.05) is 39.6 Å². The summed E-state index contributed by atoms with van der Waals surface area (Å²) < 4.78 is 20.3. The monoisotopic (exact) mass is 324 g/mol. The van der Waals surface area contributed by atoms with Crippen LogP contribution in [0.3, 0.4) is 0 Å². The smallest absolute Gasteiger partial charge is 0.338 e. The molecule has 0 amide bonds. The van der Waals surface area contributed by atoms with Gasteiger partial charge in [0.2, 0.25) is 0 Å². The maximum Gasteiger partial charge on any atom is 0.338 e. The number of carbonyl (C=O) groups excluding carboxylic acids is 1. The molecule has 0 bridgehead atoms. The number of carbonyl (C=O) groups is 2. The summed E-state index contributed by atoms with van der Waals surface area (Å²) in [5.74, 6) is -1.57. The first-order valence-corrected chi connectivity index (χ1v) is 7.03. The van der Waals surface area contributed by atoms with Crippen molar-refractivity contribution in [3.63, 3.8) is 0 Å². The second-order valence-corrected chi connectivity index (χ2v) is 4.28. The van der Waals surface area contributed by atoms with Crippen molar-refractivity contribution in [3.8, 4) is 0 Å². The number of hydrogen-bond acceptors (Lipinski definition) is 6. The number of ether oxygens (including phenoxy) is 4. The maximum absolute atomic E-state index is 11.7. The molecule has 0 saturated carbocycles. The lowest BCUT2D eigenvalue weighted by molar-refractivity contribution is 0.00825. The fourth-order valence-electron chi connectivity index (χ4n) is 1.54. The van der Waals surface area contributed by atoms with Crippen LogP contribution in [0.2, 0.25) is 0 Å². The fraction of sp³-hybridized carbons (Fsp3) is 0.375. The average Bonchev–Trinajstić information content (AvgIpc) is 2.56. The number of carboxylic acids is 1. The van der Waals surface area contributed by atoms with E-state index in [9.17, 15) is 9.59 Å². The van der Waals surface area contributed by atoms with Crippen molar-refractivity contribution >= 4 is 11.9 Å². The zero-order chi connectivity index (χ0) is 16.9. The number of rotatable bonds is 12. The van der Waals surface area contributed by atoms with E-state index in [1.54, 1.807) is 0 Å². The molecule has 0 fully saturated rings. The average molecular weight is 324 g/mol. The Kier molecular flexibility index (Phi) is 9.11. The summed E-state index contributed by atoms with van der Waals surface area (Å²) in [6.07, 6.45) is 1.35. The van der Waals surface area contributed by atoms with E-state index < -0.39 is 11.9 Å². The summed E-state index contributed by atoms with van der Waals surface area (Å²) >= 11 is 0. The van der Waals surface area contributed by atoms with Crippen LogP contribution >= 0.6 is 0 Å². The van der Waals surface area contributed by atoms with Gasteiger partial charge in [-0.2, -0.15) is 0 Å². The molecule has 0 aliphatic carbocycles. The van der Waals surface area contributed by atoms with Crippen LogP contribution in [0.25, 0.3) is 0 Å². The molecular weight excluding hydrogens is 304 g/mol. The van der Waals surface area contributed by atoms with E-state index in [1.807, 2.05) is 0 Å². The zero-order valence-electron chi connectivity index (χ0n) is 12.7. The van der Waals surface area contributed by atoms with E-state index in [2.05, 4.69) is 6.58 Å². The lowest BCUT2D eigenvalue weighted by Gasteiger charge is -2.07. The number of carboxylic acid groups (broad SMARTS) is 1. The van der Waals surface area contributed by atoms with Gasteiger partial charge in [-0.3, -0.25) is 0 Å². The Balaban J connectivity index is 2.08. The van der Waals surface area contributed by atoms with Gasteiger partial charge < -0.3 is 24.1 Å². The molecule has 1 aromatic carbocycles. The molecule has 0 unspecified atom stereocenters. The SMILES string of the molecule is C=COCCOCCOCCOC(=O)c1ccc(C(=O)O)cc1. The predicted molar refractivity (Wildman–Crippen MR) is 81.5 cm³/mol. The molecule has 126 valence electrons. The molecule has 1 aromatic rings. The van der Waals surface area contributed by atoms with Crippen LogP contribution in [0.1, 0.15) is 20.7 Å². The van der Waals surface area contributed by atoms with Crippen LogP contribution in [-0.2, 0) is 18.9 Å². The summed E-state index contributed by atoms with van der Waals surface area (Å²) in [6.45, 7) is 5.48. The standard InChI is InChI=1S/C16H20O7/c1-2-20-7-8-21-9-10-22-11-12-23-16(19)14-5-3-13(4-6-14)15(17)18/h2-6H,1,7-12H2,(H,17,18). The third-order valence-corrected chi connectivity index (χ3v) is 2.66. The van der Waals surface area contributed by atoms with E-state index in [0.29, 0.717) is 32.0 Å². The van der Waals surface area contributed by atoms with Crippen molar-refractivity contribution in [3.05, 3.63) is 48.2 Å². The van der Waals surface area contributed by atoms with Crippen LogP contribution in [0.5, 0.6) is 0 Å². The number of aromatic carboxylic acids is 1. The number of hydrogen-bond donors (Lipinski definition) is 1. The molecule has 23 heavy (non-hydrogen) atoms. The van der Waals surface area contributed by atoms with Gasteiger partial charge in [0.15, 0.2) is 0 Å². The molecule has 0 radical (unpaired) electrons. The van der Waals surface area contributed by atoms with Crippen LogP contribution in [-0.4, -0.2) is 56.7 Å². The Morgan fingerprint density at radius 1 is 0.913 bits per heavy atom. The minimum Gasteiger partial charge on any atom is -0.499 e. The van der Waals surface area contributed by atoms with Crippen LogP contribution in [0, 0.1) is 0 Å². The fourth-order valence-corrected chi connectivity index (χ4v) is 1.54. The predicted octanol–water partition coefficient (Wildman–Crippen LogP) is 1.73. The molecule has 1 rings (SSSR count). The first kappa shape index (κ1) is 18.7. The molecule has 0 atom stereocenters. The highest BCUT2D eigenvalue weighted by atomic mass is 16.6. The summed E-state index contributed by atoms with van der Waals surface area (Å²) in [5, 5.41) is 8.76. The zero-order valence-corrected chi connectivity index (χ0v) is 12.7. The van der Waals surface area contributed by atoms with Gasteiger partial charge in [-0.1, -0.05) is 6.58 Å². The topological polar surface area (TPSA) is 91.3 Å². The molecule has 7 heteroatoms. The van der Waals surface area contributed by atoms with Crippen molar-refractivity contribution in [1.29, 1.82) is 0 Å². The van der Waals surface area contributed by atoms with Crippen molar-refractivity contribution in [2.24, 2.45) is 0 Å². The van der Waals surface area contributed by atoms with Gasteiger partial charge in [-0.05, 0) is 24.3 Å². The molecule has 0 aliphatic rings. The van der Waals surface area contributed by atoms with Crippen LogP contribution in [0.4, 0.5) is 0 Å². The van der Waals surface area contributed by atoms with Gasteiger partial charge in [0.1, 0.15) is 13.2 Å². The summed E-state index contributed by atoms with van der Waals surface area (Å²) in [7, 11) is 0. The largest absolute Gasteiger partial charge is 0.499 e. The molecular formula is C16H20O7. The highest BCUT2D eigenvalue weighted by Crippen LogP contribution is 2.06. The summed E-state index contributed by atoms with van der Waals surface area (Å²) in [6, 6.07) is 5.52. The van der Waals surface area contributed by atoms with Gasteiger partial charge in [0.25, 0.3) is 0 Å². The second kappa shape index (κ2) is 11.2. The lowest BCUT2D eigenvalue weighted by Crippen LogP contribution is -2.14. The first-order chi connectivity index (χ1) is 11.1. The van der Waals surface area contributed by atoms with Gasteiger partial charge in [-0.25, -0.2) is 9.59 Å². The highest BCUT2D eigenvalue weighted by Gasteiger charge is 2.08. The normalized spacial score (nSPS) is 10.1. The Morgan fingerprint density at radius 3 is 2.00 bits per heavy atom. The molecule has 0 heterocycles. The molecule has 0 aromatic heterocycles. The van der Waals surface area contributed by atoms with Gasteiger partial charge >= 0.3 is 11.9 Å². The number of benzene rings is 1. The Hall–Kier alpha value is -2.38. The van der Waals surface area contributed by atoms with E-state index in [4.69, 9.17) is 24.1 Å². The second-order valence-electron chi connectivity index (χ2n) is 4.28. The summed E-state index contributed by atoms with van der Waals surface area (Å²) in [5.41, 5.74) is 0.406. The first-order valence-electron chi connectivity index (χ1n) is 7.03.